The number of carboxylic acids is 1. The fourth-order valence-electron chi connectivity index (χ4n) is 3.36. The molecule has 186 valence electrons. The quantitative estimate of drug-likeness (QED) is 0.449. The van der Waals surface area contributed by atoms with Gasteiger partial charge >= 0.3 is 12.1 Å². The Morgan fingerprint density at radius 3 is 2.40 bits per heavy atom. The Bertz CT molecular complexity index is 1080. The molecule has 1 aliphatic rings. The van der Waals surface area contributed by atoms with Gasteiger partial charge in [0.2, 0.25) is 0 Å². The van der Waals surface area contributed by atoms with Gasteiger partial charge in [0.15, 0.2) is 5.16 Å². The van der Waals surface area contributed by atoms with E-state index in [0.717, 1.165) is 41.5 Å². The number of nitrogens with zero attached hydrogens (tertiary/aromatic N) is 3. The number of H-pyrrole nitrogens is 1. The average Bonchev–Trinajstić information content (AvgIpc) is 3.25. The Balaban J connectivity index is 0.000000429. The van der Waals surface area contributed by atoms with Crippen LogP contribution in [0.5, 0.6) is 0 Å². The Morgan fingerprint density at radius 1 is 1.11 bits per heavy atom. The lowest BCUT2D eigenvalue weighted by molar-refractivity contribution is -0.192. The van der Waals surface area contributed by atoms with Crippen molar-refractivity contribution in [2.75, 3.05) is 19.6 Å². The molecule has 1 amide bonds. The third-order valence-electron chi connectivity index (χ3n) is 5.10. The van der Waals surface area contributed by atoms with E-state index in [4.69, 9.17) is 9.90 Å². The Kier molecular flexibility index (Phi) is 9.26. The number of hydrogen-bond acceptors (Lipinski definition) is 6. The molecular weight excluding hydrogens is 483 g/mol. The van der Waals surface area contributed by atoms with Gasteiger partial charge in [-0.25, -0.2) is 9.78 Å². The number of aromatic amines is 1. The van der Waals surface area contributed by atoms with Crippen molar-refractivity contribution in [2.45, 2.75) is 29.5 Å². The fourth-order valence-corrected chi connectivity index (χ4v) is 4.09. The molecule has 0 spiro atoms. The number of nitrogens with one attached hydrogen (secondary N) is 2. The van der Waals surface area contributed by atoms with Gasteiger partial charge in [-0.15, -0.1) is 0 Å². The second kappa shape index (κ2) is 12.4. The number of halogens is 3. The highest BCUT2D eigenvalue weighted by Crippen LogP contribution is 2.21. The predicted octanol–water partition coefficient (Wildman–Crippen LogP) is 3.91. The van der Waals surface area contributed by atoms with Crippen LogP contribution in [0.4, 0.5) is 13.2 Å². The lowest BCUT2D eigenvalue weighted by atomic mass is 10.1. The van der Waals surface area contributed by atoms with Gasteiger partial charge in [0.25, 0.3) is 5.91 Å². The summed E-state index contributed by atoms with van der Waals surface area (Å²) in [5.41, 5.74) is 3.11. The lowest BCUT2D eigenvalue weighted by Gasteiger charge is -2.25. The summed E-state index contributed by atoms with van der Waals surface area (Å²) in [6.07, 6.45) is -2.62. The zero-order valence-electron chi connectivity index (χ0n) is 18.5. The van der Waals surface area contributed by atoms with Crippen LogP contribution in [-0.4, -0.2) is 62.9 Å². The maximum atomic E-state index is 13.1. The molecule has 1 fully saturated rings. The van der Waals surface area contributed by atoms with Gasteiger partial charge in [-0.3, -0.25) is 9.89 Å². The smallest absolute Gasteiger partial charge is 0.475 e. The third-order valence-corrected chi connectivity index (χ3v) is 6.05. The third kappa shape index (κ3) is 8.11. The number of benzene rings is 2. The zero-order valence-corrected chi connectivity index (χ0v) is 19.4. The highest BCUT2D eigenvalue weighted by Gasteiger charge is 2.38. The van der Waals surface area contributed by atoms with Crippen molar-refractivity contribution in [3.63, 3.8) is 0 Å². The number of aliphatic carboxylic acids is 1. The lowest BCUT2D eigenvalue weighted by Crippen LogP contribution is -2.36. The number of carbonyl (C=O) groups excluding carboxylic acids is 1. The molecule has 1 aromatic heterocycles. The van der Waals surface area contributed by atoms with E-state index in [-0.39, 0.29) is 11.9 Å². The summed E-state index contributed by atoms with van der Waals surface area (Å²) in [7, 11) is 0. The van der Waals surface area contributed by atoms with Crippen molar-refractivity contribution in [3.05, 3.63) is 77.6 Å². The van der Waals surface area contributed by atoms with Gasteiger partial charge in [-0.05, 0) is 36.2 Å². The highest BCUT2D eigenvalue weighted by molar-refractivity contribution is 7.98. The van der Waals surface area contributed by atoms with Crippen molar-refractivity contribution >= 4 is 23.6 Å². The minimum Gasteiger partial charge on any atom is -0.475 e. The van der Waals surface area contributed by atoms with Gasteiger partial charge in [0.1, 0.15) is 6.33 Å². The van der Waals surface area contributed by atoms with Crippen molar-refractivity contribution in [1.82, 2.24) is 25.4 Å². The van der Waals surface area contributed by atoms with Gasteiger partial charge in [0, 0.05) is 30.4 Å². The van der Waals surface area contributed by atoms with E-state index in [9.17, 15) is 18.0 Å². The minimum atomic E-state index is -5.08. The van der Waals surface area contributed by atoms with Crippen LogP contribution in [0.15, 0.2) is 66.1 Å². The maximum Gasteiger partial charge on any atom is 0.490 e. The summed E-state index contributed by atoms with van der Waals surface area (Å²) in [5, 5.41) is 18.2. The number of aromatic nitrogens is 3. The van der Waals surface area contributed by atoms with Crippen molar-refractivity contribution in [2.24, 2.45) is 0 Å². The molecule has 4 rings (SSSR count). The SMILES string of the molecule is O=C(O)C(F)(F)F.O=C(c1ccc(CSc2ncn[nH]2)cc1)N1CCCNC(c2ccccc2)C1. The minimum absolute atomic E-state index is 0.0964. The van der Waals surface area contributed by atoms with Crippen LogP contribution in [0.1, 0.15) is 33.9 Å². The number of carbonyl (C=O) groups is 2. The molecule has 1 unspecified atom stereocenters. The second-order valence-corrected chi connectivity index (χ2v) is 8.57. The largest absolute Gasteiger partial charge is 0.490 e. The molecule has 3 N–H and O–H groups in total. The van der Waals surface area contributed by atoms with E-state index in [0.29, 0.717) is 6.54 Å². The van der Waals surface area contributed by atoms with Gasteiger partial charge in [-0.1, -0.05) is 54.2 Å². The fraction of sp³-hybridized carbons (Fsp3) is 0.304. The first kappa shape index (κ1) is 26.2. The monoisotopic (exact) mass is 507 g/mol. The van der Waals surface area contributed by atoms with Gasteiger partial charge in [-0.2, -0.15) is 18.3 Å². The van der Waals surface area contributed by atoms with Crippen LogP contribution in [-0.2, 0) is 10.5 Å². The molecular formula is C23H24F3N5O3S. The predicted molar refractivity (Wildman–Crippen MR) is 124 cm³/mol. The first-order valence-corrected chi connectivity index (χ1v) is 11.7. The molecule has 1 aliphatic heterocycles. The summed E-state index contributed by atoms with van der Waals surface area (Å²) < 4.78 is 31.7. The van der Waals surface area contributed by atoms with Crippen LogP contribution in [0.3, 0.4) is 0 Å². The summed E-state index contributed by atoms with van der Waals surface area (Å²) in [6.45, 7) is 2.38. The number of alkyl halides is 3. The molecule has 0 saturated carbocycles. The normalized spacial score (nSPS) is 16.1. The maximum absolute atomic E-state index is 13.1. The first-order valence-electron chi connectivity index (χ1n) is 10.7. The van der Waals surface area contributed by atoms with Crippen LogP contribution >= 0.6 is 11.8 Å². The summed E-state index contributed by atoms with van der Waals surface area (Å²) >= 11 is 1.59. The Morgan fingerprint density at radius 2 is 1.80 bits per heavy atom. The molecule has 0 aliphatic carbocycles. The first-order chi connectivity index (χ1) is 16.7. The molecule has 1 saturated heterocycles. The van der Waals surface area contributed by atoms with E-state index in [2.05, 4.69) is 32.6 Å². The van der Waals surface area contributed by atoms with E-state index in [1.54, 1.807) is 11.8 Å². The van der Waals surface area contributed by atoms with E-state index >= 15 is 0 Å². The number of carboxylic acid groups (broad SMARTS) is 1. The van der Waals surface area contributed by atoms with E-state index in [1.165, 1.54) is 11.9 Å². The van der Waals surface area contributed by atoms with Crippen molar-refractivity contribution in [3.8, 4) is 0 Å². The molecule has 1 atom stereocenters. The van der Waals surface area contributed by atoms with Crippen LogP contribution in [0.25, 0.3) is 0 Å². The summed E-state index contributed by atoms with van der Waals surface area (Å²) in [4.78, 5) is 28.0. The van der Waals surface area contributed by atoms with Crippen LogP contribution in [0, 0.1) is 0 Å². The van der Waals surface area contributed by atoms with Crippen LogP contribution in [0.2, 0.25) is 0 Å². The van der Waals surface area contributed by atoms with Gasteiger partial charge in [0.05, 0.1) is 0 Å². The molecule has 0 radical (unpaired) electrons. The molecule has 12 heteroatoms. The summed E-state index contributed by atoms with van der Waals surface area (Å²) in [6, 6.07) is 18.4. The topological polar surface area (TPSA) is 111 Å². The van der Waals surface area contributed by atoms with Crippen LogP contribution < -0.4 is 5.32 Å². The van der Waals surface area contributed by atoms with Crippen molar-refractivity contribution < 1.29 is 27.9 Å². The molecule has 3 aromatic rings. The number of rotatable bonds is 5. The standard InChI is InChI=1S/C21H23N5OS.C2HF3O2/c27-20(18-9-7-16(8-10-18)14-28-21-23-15-24-25-21)26-12-4-11-22-19(13-26)17-5-2-1-3-6-17;3-2(4,5)1(6)7/h1-3,5-10,15,19,22H,4,11-14H2,(H,23,24,25);(H,6,7). The number of hydrogen-bond donors (Lipinski definition) is 3. The van der Waals surface area contributed by atoms with Gasteiger partial charge < -0.3 is 15.3 Å². The highest BCUT2D eigenvalue weighted by atomic mass is 32.2. The molecule has 2 heterocycles. The zero-order chi connectivity index (χ0) is 25.3. The molecule has 0 bridgehead atoms. The average molecular weight is 508 g/mol. The molecule has 2 aromatic carbocycles. The Labute approximate surface area is 203 Å². The van der Waals surface area contributed by atoms with Crippen molar-refractivity contribution in [1.29, 1.82) is 0 Å². The molecule has 8 nitrogen and oxygen atoms in total. The number of amides is 1. The van der Waals surface area contributed by atoms with E-state index in [1.807, 2.05) is 47.4 Å². The summed E-state index contributed by atoms with van der Waals surface area (Å²) in [5.74, 6) is -1.88. The van der Waals surface area contributed by atoms with E-state index < -0.39 is 12.1 Å². The second-order valence-electron chi connectivity index (χ2n) is 7.60. The Hall–Kier alpha value is -3.38. The molecule has 35 heavy (non-hydrogen) atoms. The number of thioether (sulfide) groups is 1.